The number of nitriles is 1. The topological polar surface area (TPSA) is 92.3 Å². The molecule has 0 unspecified atom stereocenters. The molecule has 6 nitrogen and oxygen atoms in total. The molecule has 0 radical (unpaired) electrons. The number of esters is 1. The molecule has 0 aliphatic heterocycles. The predicted molar refractivity (Wildman–Crippen MR) is 77.8 cm³/mol. The minimum atomic E-state index is -0.492. The van der Waals surface area contributed by atoms with Crippen LogP contribution >= 0.6 is 0 Å². The van der Waals surface area contributed by atoms with Crippen LogP contribution in [0.4, 0.5) is 5.69 Å². The van der Waals surface area contributed by atoms with E-state index in [0.29, 0.717) is 23.4 Å². The van der Waals surface area contributed by atoms with Crippen molar-refractivity contribution in [3.63, 3.8) is 0 Å². The van der Waals surface area contributed by atoms with Crippen molar-refractivity contribution in [3.8, 4) is 6.07 Å². The molecule has 0 aliphatic carbocycles. The van der Waals surface area contributed by atoms with Crippen LogP contribution in [0.25, 0.3) is 0 Å². The highest BCUT2D eigenvalue weighted by molar-refractivity contribution is 5.93. The minimum Gasteiger partial charge on any atom is -0.469 e. The average Bonchev–Trinajstić information content (AvgIpc) is 3.05. The van der Waals surface area contributed by atoms with Crippen molar-refractivity contribution in [2.75, 3.05) is 11.9 Å². The van der Waals surface area contributed by atoms with E-state index < -0.39 is 18.5 Å². The molecule has 1 amide bonds. The van der Waals surface area contributed by atoms with Gasteiger partial charge >= 0.3 is 5.97 Å². The molecule has 112 valence electrons. The summed E-state index contributed by atoms with van der Waals surface area (Å²) in [5.74, 6) is -0.293. The zero-order valence-electron chi connectivity index (χ0n) is 11.7. The fourth-order valence-corrected chi connectivity index (χ4v) is 1.77. The normalized spacial score (nSPS) is 9.77. The highest BCUT2D eigenvalue weighted by atomic mass is 16.5. The number of nitrogens with one attached hydrogen (secondary N) is 1. The molecule has 6 heteroatoms. The lowest BCUT2D eigenvalue weighted by Gasteiger charge is -2.07. The van der Waals surface area contributed by atoms with Crippen molar-refractivity contribution in [3.05, 3.63) is 54.0 Å². The number of furan rings is 1. The van der Waals surface area contributed by atoms with E-state index in [1.165, 1.54) is 6.26 Å². The molecule has 1 N–H and O–H groups in total. The molecule has 0 aliphatic rings. The largest absolute Gasteiger partial charge is 0.469 e. The van der Waals surface area contributed by atoms with E-state index >= 15 is 0 Å². The Hall–Kier alpha value is -3.07. The van der Waals surface area contributed by atoms with E-state index in [-0.39, 0.29) is 6.42 Å². The third-order valence-corrected chi connectivity index (χ3v) is 2.84. The van der Waals surface area contributed by atoms with E-state index in [0.717, 1.165) is 0 Å². The van der Waals surface area contributed by atoms with Crippen molar-refractivity contribution in [1.29, 1.82) is 5.26 Å². The van der Waals surface area contributed by atoms with Gasteiger partial charge in [0.2, 0.25) is 0 Å². The Balaban J connectivity index is 1.75. The molecule has 2 aromatic rings. The van der Waals surface area contributed by atoms with Crippen molar-refractivity contribution in [2.24, 2.45) is 0 Å². The van der Waals surface area contributed by atoms with Crippen LogP contribution in [0.3, 0.4) is 0 Å². The molecule has 0 atom stereocenters. The summed E-state index contributed by atoms with van der Waals surface area (Å²) >= 11 is 0. The van der Waals surface area contributed by atoms with Gasteiger partial charge < -0.3 is 14.5 Å². The van der Waals surface area contributed by atoms with E-state index in [4.69, 9.17) is 14.4 Å². The van der Waals surface area contributed by atoms with Gasteiger partial charge in [0.25, 0.3) is 5.91 Å². The molecule has 22 heavy (non-hydrogen) atoms. The average molecular weight is 298 g/mol. The number of nitrogens with zero attached hydrogens (tertiary/aromatic N) is 1. The van der Waals surface area contributed by atoms with Gasteiger partial charge in [0.1, 0.15) is 11.8 Å². The van der Waals surface area contributed by atoms with E-state index in [1.807, 2.05) is 6.07 Å². The van der Waals surface area contributed by atoms with E-state index in [2.05, 4.69) is 5.32 Å². The molecule has 1 aromatic heterocycles. The number of carbonyl (C=O) groups excluding carboxylic acids is 2. The highest BCUT2D eigenvalue weighted by Crippen LogP contribution is 2.13. The highest BCUT2D eigenvalue weighted by Gasteiger charge is 2.10. The van der Waals surface area contributed by atoms with Crippen LogP contribution in [0, 0.1) is 11.3 Å². The summed E-state index contributed by atoms with van der Waals surface area (Å²) in [4.78, 5) is 23.2. The minimum absolute atomic E-state index is 0.134. The van der Waals surface area contributed by atoms with Gasteiger partial charge in [0, 0.05) is 6.42 Å². The SMILES string of the molecule is N#Cc1ccccc1NC(=O)COC(=O)CCc1ccco1. The quantitative estimate of drug-likeness (QED) is 0.826. The second kappa shape index (κ2) is 7.64. The maximum atomic E-state index is 11.7. The van der Waals surface area contributed by atoms with Crippen molar-refractivity contribution in [2.45, 2.75) is 12.8 Å². The predicted octanol–water partition coefficient (Wildman–Crippen LogP) is 2.27. The Morgan fingerprint density at radius 2 is 2.05 bits per heavy atom. The number of para-hydroxylation sites is 1. The summed E-state index contributed by atoms with van der Waals surface area (Å²) in [6.45, 7) is -0.392. The van der Waals surface area contributed by atoms with Crippen LogP contribution in [0.2, 0.25) is 0 Å². The van der Waals surface area contributed by atoms with Crippen LogP contribution in [0.5, 0.6) is 0 Å². The van der Waals surface area contributed by atoms with E-state index in [1.54, 1.807) is 36.4 Å². The zero-order chi connectivity index (χ0) is 15.8. The van der Waals surface area contributed by atoms with Crippen LogP contribution in [-0.4, -0.2) is 18.5 Å². The number of aryl methyl sites for hydroxylation is 1. The van der Waals surface area contributed by atoms with Crippen molar-refractivity contribution >= 4 is 17.6 Å². The van der Waals surface area contributed by atoms with Gasteiger partial charge in [0.05, 0.1) is 23.9 Å². The van der Waals surface area contributed by atoms with E-state index in [9.17, 15) is 9.59 Å². The van der Waals surface area contributed by atoms with Crippen LogP contribution < -0.4 is 5.32 Å². The summed E-state index contributed by atoms with van der Waals surface area (Å²) in [7, 11) is 0. The number of rotatable bonds is 6. The first-order valence-corrected chi connectivity index (χ1v) is 6.66. The molecule has 1 heterocycles. The van der Waals surface area contributed by atoms with Crippen LogP contribution in [-0.2, 0) is 20.7 Å². The Bertz CT molecular complexity index is 686. The van der Waals surface area contributed by atoms with Gasteiger partial charge in [-0.3, -0.25) is 9.59 Å². The molecule has 0 saturated heterocycles. The summed E-state index contributed by atoms with van der Waals surface area (Å²) in [6, 6.07) is 12.1. The van der Waals surface area contributed by atoms with Gasteiger partial charge in [-0.2, -0.15) is 5.26 Å². The third kappa shape index (κ3) is 4.49. The number of hydrogen-bond donors (Lipinski definition) is 1. The fraction of sp³-hybridized carbons (Fsp3) is 0.188. The Labute approximate surface area is 127 Å². The molecule has 2 rings (SSSR count). The second-order valence-corrected chi connectivity index (χ2v) is 4.45. The van der Waals surface area contributed by atoms with Gasteiger partial charge in [-0.15, -0.1) is 0 Å². The van der Waals surface area contributed by atoms with Crippen LogP contribution in [0.15, 0.2) is 47.1 Å². The van der Waals surface area contributed by atoms with Gasteiger partial charge in [0.15, 0.2) is 6.61 Å². The molecule has 1 aromatic carbocycles. The Kier molecular flexibility index (Phi) is 5.32. The van der Waals surface area contributed by atoms with Crippen LogP contribution in [0.1, 0.15) is 17.7 Å². The first kappa shape index (κ1) is 15.3. The molecular formula is C16H14N2O4. The second-order valence-electron chi connectivity index (χ2n) is 4.45. The number of hydrogen-bond acceptors (Lipinski definition) is 5. The smallest absolute Gasteiger partial charge is 0.306 e. The summed E-state index contributed by atoms with van der Waals surface area (Å²) in [5.41, 5.74) is 0.738. The molecule has 0 fully saturated rings. The summed E-state index contributed by atoms with van der Waals surface area (Å²) < 4.78 is 9.97. The number of amides is 1. The monoisotopic (exact) mass is 298 g/mol. The maximum Gasteiger partial charge on any atom is 0.306 e. The fourth-order valence-electron chi connectivity index (χ4n) is 1.77. The molecular weight excluding hydrogens is 284 g/mol. The number of benzene rings is 1. The van der Waals surface area contributed by atoms with Gasteiger partial charge in [-0.1, -0.05) is 12.1 Å². The molecule has 0 saturated carbocycles. The molecule has 0 bridgehead atoms. The van der Waals surface area contributed by atoms with Gasteiger partial charge in [-0.25, -0.2) is 0 Å². The van der Waals surface area contributed by atoms with Crippen molar-refractivity contribution < 1.29 is 18.7 Å². The maximum absolute atomic E-state index is 11.7. The first-order chi connectivity index (χ1) is 10.7. The molecule has 0 spiro atoms. The van der Waals surface area contributed by atoms with Gasteiger partial charge in [-0.05, 0) is 24.3 Å². The third-order valence-electron chi connectivity index (χ3n) is 2.84. The standard InChI is InChI=1S/C16H14N2O4/c17-10-12-4-1-2-6-14(12)18-15(19)11-22-16(20)8-7-13-5-3-9-21-13/h1-6,9H,7-8,11H2,(H,18,19). The Morgan fingerprint density at radius 3 is 2.77 bits per heavy atom. The lowest BCUT2D eigenvalue weighted by Crippen LogP contribution is -2.21. The number of anilines is 1. The summed E-state index contributed by atoms with van der Waals surface area (Å²) in [5, 5.41) is 11.4. The van der Waals surface area contributed by atoms with Crippen molar-refractivity contribution in [1.82, 2.24) is 0 Å². The lowest BCUT2D eigenvalue weighted by molar-refractivity contribution is -0.147. The number of carbonyl (C=O) groups is 2. The zero-order valence-corrected chi connectivity index (χ0v) is 11.7. The Morgan fingerprint density at radius 1 is 1.23 bits per heavy atom. The number of ether oxygens (including phenoxy) is 1. The lowest BCUT2D eigenvalue weighted by atomic mass is 10.2. The first-order valence-electron chi connectivity index (χ1n) is 6.66. The summed E-state index contributed by atoms with van der Waals surface area (Å²) in [6.07, 6.45) is 2.08.